The number of ketones is 1. The Morgan fingerprint density at radius 1 is 0.966 bits per heavy atom. The van der Waals surface area contributed by atoms with Crippen molar-refractivity contribution in [2.75, 3.05) is 19.5 Å². The van der Waals surface area contributed by atoms with Crippen LogP contribution < -0.4 is 14.8 Å². The van der Waals surface area contributed by atoms with Crippen LogP contribution in [0.25, 0.3) is 0 Å². The Balaban J connectivity index is 2.09. The van der Waals surface area contributed by atoms with Crippen LogP contribution in [0, 0.1) is 0 Å². The first-order chi connectivity index (χ1) is 13.9. The zero-order chi connectivity index (χ0) is 21.4. The van der Waals surface area contributed by atoms with Gasteiger partial charge in [0.1, 0.15) is 17.1 Å². The van der Waals surface area contributed by atoms with Gasteiger partial charge in [-0.05, 0) is 49.7 Å². The van der Waals surface area contributed by atoms with Crippen LogP contribution in [0.15, 0.2) is 42.5 Å². The van der Waals surface area contributed by atoms with Gasteiger partial charge < -0.3 is 19.5 Å². The topological polar surface area (TPSA) is 90.9 Å². The monoisotopic (exact) mass is 399 g/mol. The minimum absolute atomic E-state index is 0.0837. The number of methoxy groups -OCH3 is 2. The summed E-state index contributed by atoms with van der Waals surface area (Å²) in [6.45, 7) is 3.42. The van der Waals surface area contributed by atoms with E-state index in [0.717, 1.165) is 6.42 Å². The van der Waals surface area contributed by atoms with Gasteiger partial charge in [-0.1, -0.05) is 13.0 Å². The van der Waals surface area contributed by atoms with Crippen molar-refractivity contribution in [3.63, 3.8) is 0 Å². The average Bonchev–Trinajstić information content (AvgIpc) is 2.73. The molecule has 1 amide bonds. The molecular formula is C22H25NO6. The van der Waals surface area contributed by atoms with Crippen LogP contribution in [0.4, 0.5) is 5.69 Å². The number of amides is 1. The normalized spacial score (nSPS) is 11.3. The molecule has 0 bridgehead atoms. The average molecular weight is 399 g/mol. The predicted octanol–water partition coefficient (Wildman–Crippen LogP) is 3.87. The summed E-state index contributed by atoms with van der Waals surface area (Å²) < 4.78 is 15.7. The molecule has 2 aromatic rings. The molecule has 7 nitrogen and oxygen atoms in total. The molecule has 0 heterocycles. The van der Waals surface area contributed by atoms with E-state index in [1.807, 2.05) is 6.92 Å². The molecule has 2 rings (SSSR count). The number of carbonyl (C=O) groups is 3. The van der Waals surface area contributed by atoms with E-state index in [-0.39, 0.29) is 17.3 Å². The van der Waals surface area contributed by atoms with Gasteiger partial charge in [0, 0.05) is 17.7 Å². The Morgan fingerprint density at radius 3 is 2.07 bits per heavy atom. The fourth-order valence-electron chi connectivity index (χ4n) is 2.73. The fourth-order valence-corrected chi connectivity index (χ4v) is 2.73. The zero-order valence-electron chi connectivity index (χ0n) is 17.0. The SMILES string of the molecule is CCCC(=O)Nc1ccc(C(=O)C(C)OC(=O)c2c(OC)cccc2OC)cc1. The summed E-state index contributed by atoms with van der Waals surface area (Å²) in [5.41, 5.74) is 1.08. The summed E-state index contributed by atoms with van der Waals surface area (Å²) in [6.07, 6.45) is 0.167. The first-order valence-corrected chi connectivity index (χ1v) is 9.27. The molecule has 0 saturated heterocycles. The van der Waals surface area contributed by atoms with Gasteiger partial charge in [-0.2, -0.15) is 0 Å². The van der Waals surface area contributed by atoms with Gasteiger partial charge in [-0.15, -0.1) is 0 Å². The smallest absolute Gasteiger partial charge is 0.346 e. The van der Waals surface area contributed by atoms with Crippen molar-refractivity contribution in [1.29, 1.82) is 0 Å². The third-order valence-corrected chi connectivity index (χ3v) is 4.22. The molecule has 0 saturated carbocycles. The van der Waals surface area contributed by atoms with Crippen molar-refractivity contribution >= 4 is 23.3 Å². The third-order valence-electron chi connectivity index (χ3n) is 4.22. The number of Topliss-reactive ketones (excluding diaryl/α,β-unsaturated/α-hetero) is 1. The van der Waals surface area contributed by atoms with E-state index in [0.29, 0.717) is 29.2 Å². The van der Waals surface area contributed by atoms with Crippen molar-refractivity contribution in [2.24, 2.45) is 0 Å². The fraction of sp³-hybridized carbons (Fsp3) is 0.318. The summed E-state index contributed by atoms with van der Waals surface area (Å²) in [5, 5.41) is 2.75. The molecule has 1 N–H and O–H groups in total. The molecule has 0 aliphatic rings. The Kier molecular flexibility index (Phi) is 7.77. The number of hydrogen-bond donors (Lipinski definition) is 1. The molecule has 0 radical (unpaired) electrons. The molecule has 0 spiro atoms. The first kappa shape index (κ1) is 21.9. The number of carbonyl (C=O) groups excluding carboxylic acids is 3. The van der Waals surface area contributed by atoms with Crippen molar-refractivity contribution in [3.05, 3.63) is 53.6 Å². The van der Waals surface area contributed by atoms with E-state index in [1.165, 1.54) is 21.1 Å². The van der Waals surface area contributed by atoms with Gasteiger partial charge >= 0.3 is 5.97 Å². The standard InChI is InChI=1S/C22H25NO6/c1-5-7-19(24)23-16-12-10-15(11-13-16)21(25)14(2)29-22(26)20-17(27-3)8-6-9-18(20)28-4/h6,8-14H,5,7H2,1-4H3,(H,23,24). The van der Waals surface area contributed by atoms with Gasteiger partial charge in [-0.3, -0.25) is 9.59 Å². The summed E-state index contributed by atoms with van der Waals surface area (Å²) in [4.78, 5) is 36.9. The van der Waals surface area contributed by atoms with Crippen LogP contribution in [-0.4, -0.2) is 38.0 Å². The van der Waals surface area contributed by atoms with E-state index < -0.39 is 12.1 Å². The molecule has 0 aliphatic carbocycles. The molecule has 1 atom stereocenters. The lowest BCUT2D eigenvalue weighted by molar-refractivity contribution is -0.116. The number of ether oxygens (including phenoxy) is 3. The Morgan fingerprint density at radius 2 is 1.55 bits per heavy atom. The maximum Gasteiger partial charge on any atom is 0.346 e. The van der Waals surface area contributed by atoms with Gasteiger partial charge in [0.25, 0.3) is 0 Å². The lowest BCUT2D eigenvalue weighted by atomic mass is 10.1. The van der Waals surface area contributed by atoms with E-state index >= 15 is 0 Å². The molecule has 7 heteroatoms. The van der Waals surface area contributed by atoms with Crippen molar-refractivity contribution < 1.29 is 28.6 Å². The Hall–Kier alpha value is -3.35. The number of nitrogens with one attached hydrogen (secondary N) is 1. The van der Waals surface area contributed by atoms with Crippen LogP contribution in [0.5, 0.6) is 11.5 Å². The Bertz CT molecular complexity index is 853. The van der Waals surface area contributed by atoms with Crippen molar-refractivity contribution in [3.8, 4) is 11.5 Å². The van der Waals surface area contributed by atoms with Crippen molar-refractivity contribution in [2.45, 2.75) is 32.8 Å². The minimum atomic E-state index is -1.02. The highest BCUT2D eigenvalue weighted by molar-refractivity contribution is 6.03. The lowest BCUT2D eigenvalue weighted by Crippen LogP contribution is -2.25. The van der Waals surface area contributed by atoms with E-state index in [1.54, 1.807) is 42.5 Å². The van der Waals surface area contributed by atoms with E-state index in [9.17, 15) is 14.4 Å². The quantitative estimate of drug-likeness (QED) is 0.508. The van der Waals surface area contributed by atoms with E-state index in [4.69, 9.17) is 14.2 Å². The molecule has 29 heavy (non-hydrogen) atoms. The summed E-state index contributed by atoms with van der Waals surface area (Å²) >= 11 is 0. The summed E-state index contributed by atoms with van der Waals surface area (Å²) in [6, 6.07) is 11.3. The highest BCUT2D eigenvalue weighted by atomic mass is 16.6. The lowest BCUT2D eigenvalue weighted by Gasteiger charge is -2.16. The zero-order valence-corrected chi connectivity index (χ0v) is 17.0. The van der Waals surface area contributed by atoms with Crippen LogP contribution in [0.3, 0.4) is 0 Å². The predicted molar refractivity (Wildman–Crippen MR) is 109 cm³/mol. The molecule has 0 aromatic heterocycles. The van der Waals surface area contributed by atoms with Gasteiger partial charge in [0.05, 0.1) is 14.2 Å². The molecule has 0 aliphatic heterocycles. The molecular weight excluding hydrogens is 374 g/mol. The maximum absolute atomic E-state index is 12.6. The second kappa shape index (κ2) is 10.3. The second-order valence-corrected chi connectivity index (χ2v) is 6.32. The second-order valence-electron chi connectivity index (χ2n) is 6.32. The third kappa shape index (κ3) is 5.57. The van der Waals surface area contributed by atoms with Crippen LogP contribution in [0.2, 0.25) is 0 Å². The van der Waals surface area contributed by atoms with E-state index in [2.05, 4.69) is 5.32 Å². The number of anilines is 1. The molecule has 2 aromatic carbocycles. The molecule has 1 unspecified atom stereocenters. The summed E-state index contributed by atoms with van der Waals surface area (Å²) in [5.74, 6) is -0.579. The highest BCUT2D eigenvalue weighted by Crippen LogP contribution is 2.29. The minimum Gasteiger partial charge on any atom is -0.496 e. The van der Waals surface area contributed by atoms with Crippen LogP contribution in [-0.2, 0) is 9.53 Å². The highest BCUT2D eigenvalue weighted by Gasteiger charge is 2.25. The first-order valence-electron chi connectivity index (χ1n) is 9.27. The van der Waals surface area contributed by atoms with Gasteiger partial charge in [0.15, 0.2) is 6.10 Å². The number of hydrogen-bond acceptors (Lipinski definition) is 6. The van der Waals surface area contributed by atoms with Crippen molar-refractivity contribution in [1.82, 2.24) is 0 Å². The molecule has 0 fully saturated rings. The summed E-state index contributed by atoms with van der Waals surface area (Å²) in [7, 11) is 2.86. The van der Waals surface area contributed by atoms with Crippen LogP contribution in [0.1, 0.15) is 47.4 Å². The largest absolute Gasteiger partial charge is 0.496 e. The Labute approximate surface area is 170 Å². The maximum atomic E-state index is 12.6. The number of esters is 1. The number of rotatable bonds is 9. The molecule has 154 valence electrons. The van der Waals surface area contributed by atoms with Gasteiger partial charge in [0.2, 0.25) is 11.7 Å². The van der Waals surface area contributed by atoms with Gasteiger partial charge in [-0.25, -0.2) is 4.79 Å². The van der Waals surface area contributed by atoms with Crippen LogP contribution >= 0.6 is 0 Å². The number of benzene rings is 2.